The second-order valence-corrected chi connectivity index (χ2v) is 5.79. The monoisotopic (exact) mass is 297 g/mol. The number of anilines is 1. The maximum Gasteiger partial charge on any atom is 0.148 e. The molecule has 0 spiro atoms. The van der Waals surface area contributed by atoms with Gasteiger partial charge in [0, 0.05) is 6.20 Å². The van der Waals surface area contributed by atoms with Crippen LogP contribution in [0.2, 0.25) is 0 Å². The molecule has 116 valence electrons. The molecule has 1 aliphatic carbocycles. The Morgan fingerprint density at radius 1 is 1.23 bits per heavy atom. The summed E-state index contributed by atoms with van der Waals surface area (Å²) in [6.07, 6.45) is 4.83. The first kappa shape index (κ1) is 15.0. The Bertz CT molecular complexity index is 657. The summed E-state index contributed by atoms with van der Waals surface area (Å²) in [5.41, 5.74) is 4.40. The molecular weight excluding hydrogens is 274 g/mol. The third kappa shape index (κ3) is 2.83. The molecule has 2 N–H and O–H groups in total. The number of nitrogens with zero attached hydrogens (tertiary/aromatic N) is 2. The molecule has 1 aromatic heterocycles. The van der Waals surface area contributed by atoms with Gasteiger partial charge >= 0.3 is 0 Å². The van der Waals surface area contributed by atoms with Gasteiger partial charge in [0.1, 0.15) is 5.82 Å². The zero-order valence-corrected chi connectivity index (χ0v) is 13.2. The van der Waals surface area contributed by atoms with E-state index in [1.165, 1.54) is 11.1 Å². The van der Waals surface area contributed by atoms with Gasteiger partial charge in [-0.3, -0.25) is 4.98 Å². The molecule has 0 aliphatic heterocycles. The van der Waals surface area contributed by atoms with E-state index in [4.69, 9.17) is 0 Å². The van der Waals surface area contributed by atoms with Gasteiger partial charge in [0.05, 0.1) is 23.5 Å². The van der Waals surface area contributed by atoms with Crippen molar-refractivity contribution in [3.8, 4) is 0 Å². The Balaban J connectivity index is 1.95. The van der Waals surface area contributed by atoms with Crippen molar-refractivity contribution < 1.29 is 5.11 Å². The molecule has 1 aliphatic rings. The number of aromatic nitrogens is 2. The summed E-state index contributed by atoms with van der Waals surface area (Å²) in [5, 5.41) is 13.9. The smallest absolute Gasteiger partial charge is 0.148 e. The maximum absolute atomic E-state index is 10.5. The molecule has 4 nitrogen and oxygen atoms in total. The number of hydrogen-bond acceptors (Lipinski definition) is 4. The van der Waals surface area contributed by atoms with Crippen molar-refractivity contribution in [2.24, 2.45) is 0 Å². The van der Waals surface area contributed by atoms with Crippen LogP contribution in [0.4, 0.5) is 5.82 Å². The molecule has 22 heavy (non-hydrogen) atoms. The van der Waals surface area contributed by atoms with Crippen LogP contribution in [0, 0.1) is 0 Å². The van der Waals surface area contributed by atoms with E-state index in [-0.39, 0.29) is 6.04 Å². The van der Waals surface area contributed by atoms with Gasteiger partial charge in [-0.1, -0.05) is 38.1 Å². The van der Waals surface area contributed by atoms with E-state index >= 15 is 0 Å². The summed E-state index contributed by atoms with van der Waals surface area (Å²) in [6.45, 7) is 4.15. The molecule has 0 saturated heterocycles. The lowest BCUT2D eigenvalue weighted by molar-refractivity contribution is 0.135. The molecule has 0 fully saturated rings. The normalized spacial score (nSPS) is 20.5. The van der Waals surface area contributed by atoms with E-state index < -0.39 is 6.10 Å². The summed E-state index contributed by atoms with van der Waals surface area (Å²) in [5.74, 6) is 0.808. The van der Waals surface area contributed by atoms with E-state index in [0.29, 0.717) is 0 Å². The van der Waals surface area contributed by atoms with Crippen molar-refractivity contribution >= 4 is 5.82 Å². The first-order valence-corrected chi connectivity index (χ1v) is 8.10. The summed E-state index contributed by atoms with van der Waals surface area (Å²) in [6, 6.07) is 8.21. The minimum atomic E-state index is -0.397. The number of aliphatic hydroxyl groups excluding tert-OH is 1. The van der Waals surface area contributed by atoms with E-state index in [1.54, 1.807) is 0 Å². The molecule has 1 heterocycles. The Morgan fingerprint density at radius 2 is 2.05 bits per heavy atom. The fraction of sp³-hybridized carbons (Fsp3) is 0.444. The molecule has 0 amide bonds. The van der Waals surface area contributed by atoms with Crippen LogP contribution in [0.1, 0.15) is 48.8 Å². The fourth-order valence-electron chi connectivity index (χ4n) is 3.06. The largest absolute Gasteiger partial charge is 0.391 e. The molecule has 0 radical (unpaired) electrons. The highest BCUT2D eigenvalue weighted by molar-refractivity contribution is 5.46. The lowest BCUT2D eigenvalue weighted by Gasteiger charge is -2.31. The van der Waals surface area contributed by atoms with E-state index in [1.807, 2.05) is 12.3 Å². The fourth-order valence-corrected chi connectivity index (χ4v) is 3.06. The number of hydrogen-bond donors (Lipinski definition) is 2. The van der Waals surface area contributed by atoms with Crippen LogP contribution in [0.3, 0.4) is 0 Å². The van der Waals surface area contributed by atoms with Crippen LogP contribution >= 0.6 is 0 Å². The molecule has 4 heteroatoms. The molecule has 0 saturated carbocycles. The molecule has 3 rings (SSSR count). The molecule has 2 atom stereocenters. The highest BCUT2D eigenvalue weighted by Gasteiger charge is 2.28. The van der Waals surface area contributed by atoms with Crippen LogP contribution < -0.4 is 5.32 Å². The van der Waals surface area contributed by atoms with Crippen molar-refractivity contribution in [1.82, 2.24) is 9.97 Å². The highest BCUT2D eigenvalue weighted by atomic mass is 16.3. The minimum Gasteiger partial charge on any atom is -0.391 e. The van der Waals surface area contributed by atoms with Gasteiger partial charge in [0.25, 0.3) is 0 Å². The van der Waals surface area contributed by atoms with Crippen LogP contribution in [0.5, 0.6) is 0 Å². The lowest BCUT2D eigenvalue weighted by atomic mass is 9.85. The lowest BCUT2D eigenvalue weighted by Crippen LogP contribution is -2.31. The molecule has 2 aromatic rings. The van der Waals surface area contributed by atoms with E-state index in [9.17, 15) is 5.11 Å². The first-order valence-electron chi connectivity index (χ1n) is 8.10. The number of aliphatic hydroxyl groups is 1. The van der Waals surface area contributed by atoms with Crippen LogP contribution in [-0.4, -0.2) is 21.2 Å². The average molecular weight is 297 g/mol. The van der Waals surface area contributed by atoms with Crippen LogP contribution in [-0.2, 0) is 19.3 Å². The number of aryl methyl sites for hydroxylation is 3. The number of fused-ring (bicyclic) bond motifs is 1. The molecular formula is C18H23N3O. The Kier molecular flexibility index (Phi) is 4.39. The molecule has 0 bridgehead atoms. The second-order valence-electron chi connectivity index (χ2n) is 5.79. The maximum atomic E-state index is 10.5. The summed E-state index contributed by atoms with van der Waals surface area (Å²) in [7, 11) is 0. The Hall–Kier alpha value is -1.94. The predicted molar refractivity (Wildman–Crippen MR) is 87.9 cm³/mol. The minimum absolute atomic E-state index is 0.114. The van der Waals surface area contributed by atoms with Gasteiger partial charge in [0.2, 0.25) is 0 Å². The number of benzene rings is 1. The molecule has 1 aromatic carbocycles. The predicted octanol–water partition coefficient (Wildman–Crippen LogP) is 3.06. The average Bonchev–Trinajstić information content (AvgIpc) is 2.57. The summed E-state index contributed by atoms with van der Waals surface area (Å²) >= 11 is 0. The zero-order valence-electron chi connectivity index (χ0n) is 13.2. The van der Waals surface area contributed by atoms with Gasteiger partial charge in [0.15, 0.2) is 0 Å². The SMILES string of the molecule is CCc1cnc(CC)c(N[C@H]2c3ccccc3CC[C@@H]2O)n1. The van der Waals surface area contributed by atoms with Gasteiger partial charge < -0.3 is 10.4 Å². The molecule has 0 unspecified atom stereocenters. The highest BCUT2D eigenvalue weighted by Crippen LogP contribution is 2.33. The van der Waals surface area contributed by atoms with E-state index in [0.717, 1.165) is 42.9 Å². The van der Waals surface area contributed by atoms with Crippen LogP contribution in [0.15, 0.2) is 30.5 Å². The van der Waals surface area contributed by atoms with Gasteiger partial charge in [-0.05, 0) is 36.8 Å². The van der Waals surface area contributed by atoms with Crippen molar-refractivity contribution in [3.63, 3.8) is 0 Å². The topological polar surface area (TPSA) is 58.0 Å². The quantitative estimate of drug-likeness (QED) is 0.910. The Morgan fingerprint density at radius 3 is 2.82 bits per heavy atom. The number of rotatable bonds is 4. The number of nitrogens with one attached hydrogen (secondary N) is 1. The van der Waals surface area contributed by atoms with Crippen LogP contribution in [0.25, 0.3) is 0 Å². The second kappa shape index (κ2) is 6.44. The van der Waals surface area contributed by atoms with Crippen molar-refractivity contribution in [2.75, 3.05) is 5.32 Å². The van der Waals surface area contributed by atoms with Gasteiger partial charge in [-0.25, -0.2) is 4.98 Å². The van der Waals surface area contributed by atoms with Crippen molar-refractivity contribution in [3.05, 3.63) is 53.0 Å². The van der Waals surface area contributed by atoms with Crippen molar-refractivity contribution in [1.29, 1.82) is 0 Å². The summed E-state index contributed by atoms with van der Waals surface area (Å²) < 4.78 is 0. The van der Waals surface area contributed by atoms with Crippen molar-refractivity contribution in [2.45, 2.75) is 51.7 Å². The van der Waals surface area contributed by atoms with E-state index in [2.05, 4.69) is 47.3 Å². The standard InChI is InChI=1S/C18H23N3O/c1-3-13-11-19-15(4-2)18(20-13)21-17-14-8-6-5-7-12(14)9-10-16(17)22/h5-8,11,16-17,22H,3-4,9-10H2,1-2H3,(H,20,21)/t16-,17-/m0/s1. The van der Waals surface area contributed by atoms with Gasteiger partial charge in [-0.2, -0.15) is 0 Å². The zero-order chi connectivity index (χ0) is 15.5. The van der Waals surface area contributed by atoms with Gasteiger partial charge in [-0.15, -0.1) is 0 Å². The third-order valence-electron chi connectivity index (χ3n) is 4.37. The summed E-state index contributed by atoms with van der Waals surface area (Å²) in [4.78, 5) is 9.19. The Labute approximate surface area is 131 Å². The third-order valence-corrected chi connectivity index (χ3v) is 4.37. The first-order chi connectivity index (χ1) is 10.7.